The molecule has 0 unspecified atom stereocenters. The molecule has 1 aliphatic heterocycles. The summed E-state index contributed by atoms with van der Waals surface area (Å²) in [7, 11) is 0. The fourth-order valence-corrected chi connectivity index (χ4v) is 4.19. The number of halogens is 2. The molecule has 1 saturated carbocycles. The maximum Gasteiger partial charge on any atom is 0.344 e. The number of piperidine rings is 1. The van der Waals surface area contributed by atoms with Crippen LogP contribution in [0.25, 0.3) is 11.3 Å². The minimum absolute atomic E-state index is 0.111. The Labute approximate surface area is 168 Å². The molecular formula is C20H22Cl2N2O3. The van der Waals surface area contributed by atoms with Gasteiger partial charge in [-0.3, -0.25) is 0 Å². The normalized spacial score (nSPS) is 22.6. The van der Waals surface area contributed by atoms with Crippen LogP contribution < -0.4 is 5.32 Å². The molecule has 1 N–H and O–H groups in total. The zero-order chi connectivity index (χ0) is 19.0. The third kappa shape index (κ3) is 3.86. The molecule has 2 fully saturated rings. The number of aromatic nitrogens is 1. The number of carbonyl (C=O) groups is 1. The fourth-order valence-electron chi connectivity index (χ4n) is 3.61. The second-order valence-corrected chi connectivity index (χ2v) is 8.07. The van der Waals surface area contributed by atoms with Crippen LogP contribution in [0.3, 0.4) is 0 Å². The Morgan fingerprint density at radius 1 is 1.30 bits per heavy atom. The van der Waals surface area contributed by atoms with E-state index in [1.807, 2.05) is 0 Å². The Hall–Kier alpha value is -1.56. The van der Waals surface area contributed by atoms with E-state index >= 15 is 0 Å². The van der Waals surface area contributed by atoms with Crippen LogP contribution in [0.1, 0.15) is 61.1 Å². The highest BCUT2D eigenvalue weighted by atomic mass is 35.5. The fraction of sp³-hybridized carbons (Fsp3) is 0.500. The Morgan fingerprint density at radius 2 is 2.04 bits per heavy atom. The molecule has 5 nitrogen and oxygen atoms in total. The van der Waals surface area contributed by atoms with Gasteiger partial charge in [-0.15, -0.1) is 0 Å². The van der Waals surface area contributed by atoms with Gasteiger partial charge in [0, 0.05) is 17.5 Å². The van der Waals surface area contributed by atoms with Crippen LogP contribution >= 0.6 is 23.2 Å². The monoisotopic (exact) mass is 408 g/mol. The summed E-state index contributed by atoms with van der Waals surface area (Å²) in [4.78, 5) is 13.1. The van der Waals surface area contributed by atoms with Gasteiger partial charge < -0.3 is 14.6 Å². The first kappa shape index (κ1) is 18.8. The van der Waals surface area contributed by atoms with Crippen molar-refractivity contribution in [1.29, 1.82) is 0 Å². The van der Waals surface area contributed by atoms with Gasteiger partial charge in [0.05, 0.1) is 10.0 Å². The summed E-state index contributed by atoms with van der Waals surface area (Å²) in [6, 6.07) is 5.58. The van der Waals surface area contributed by atoms with E-state index in [4.69, 9.17) is 32.5 Å². The number of benzene rings is 1. The van der Waals surface area contributed by atoms with Gasteiger partial charge in [0.1, 0.15) is 17.4 Å². The van der Waals surface area contributed by atoms with E-state index in [2.05, 4.69) is 17.4 Å². The molecule has 2 heterocycles. The first-order valence-corrected chi connectivity index (χ1v) is 10.2. The summed E-state index contributed by atoms with van der Waals surface area (Å²) in [6.07, 6.45) is 4.48. The van der Waals surface area contributed by atoms with Crippen molar-refractivity contribution < 1.29 is 14.1 Å². The summed E-state index contributed by atoms with van der Waals surface area (Å²) < 4.78 is 11.4. The smallest absolute Gasteiger partial charge is 0.344 e. The summed E-state index contributed by atoms with van der Waals surface area (Å²) >= 11 is 12.7. The highest BCUT2D eigenvalue weighted by Crippen LogP contribution is 2.46. The average Bonchev–Trinajstić information content (AvgIpc) is 3.41. The molecular weight excluding hydrogens is 387 g/mol. The van der Waals surface area contributed by atoms with Crippen LogP contribution in [0.15, 0.2) is 22.7 Å². The average molecular weight is 409 g/mol. The number of carbonyl (C=O) groups excluding carboxylic acids is 1. The third-order valence-corrected chi connectivity index (χ3v) is 5.91. The van der Waals surface area contributed by atoms with Crippen molar-refractivity contribution in [2.75, 3.05) is 6.54 Å². The van der Waals surface area contributed by atoms with Crippen molar-refractivity contribution in [2.45, 2.75) is 57.1 Å². The first-order valence-electron chi connectivity index (χ1n) is 9.46. The summed E-state index contributed by atoms with van der Waals surface area (Å²) in [5.41, 5.74) is 1.26. The molecule has 2 atom stereocenters. The Balaban J connectivity index is 1.67. The minimum atomic E-state index is -0.397. The second kappa shape index (κ2) is 7.82. The highest BCUT2D eigenvalue weighted by molar-refractivity contribution is 6.39. The third-order valence-electron chi connectivity index (χ3n) is 5.28. The van der Waals surface area contributed by atoms with Crippen LogP contribution in [0.2, 0.25) is 10.0 Å². The van der Waals surface area contributed by atoms with E-state index in [1.54, 1.807) is 18.2 Å². The molecule has 0 bridgehead atoms. The Bertz CT molecular complexity index is 827. The van der Waals surface area contributed by atoms with Gasteiger partial charge in [-0.1, -0.05) is 41.3 Å². The van der Waals surface area contributed by atoms with E-state index in [-0.39, 0.29) is 12.0 Å². The molecule has 0 amide bonds. The maximum atomic E-state index is 13.1. The standard InChI is InChI=1S/C20H22Cl2N2O3/c1-2-12-10-13(8-9-23-12)26-20(25)17-18(24-27-19(17)11-6-7-11)16-14(21)4-3-5-15(16)22/h3-5,11-13,23H,2,6-10H2,1H3/t12-,13-/m1/s1. The highest BCUT2D eigenvalue weighted by Gasteiger charge is 2.38. The van der Waals surface area contributed by atoms with Gasteiger partial charge in [-0.05, 0) is 50.8 Å². The molecule has 2 aliphatic rings. The Kier molecular flexibility index (Phi) is 5.44. The SMILES string of the molecule is CC[C@@H]1C[C@H](OC(=O)c2c(-c3c(Cl)cccc3Cl)noc2C2CC2)CCN1. The molecule has 27 heavy (non-hydrogen) atoms. The lowest BCUT2D eigenvalue weighted by Crippen LogP contribution is -2.41. The number of rotatable bonds is 5. The summed E-state index contributed by atoms with van der Waals surface area (Å²) in [5.74, 6) is 0.407. The van der Waals surface area contributed by atoms with E-state index in [0.29, 0.717) is 38.7 Å². The van der Waals surface area contributed by atoms with E-state index in [1.165, 1.54) is 0 Å². The van der Waals surface area contributed by atoms with Gasteiger partial charge in [0.2, 0.25) is 0 Å². The van der Waals surface area contributed by atoms with Gasteiger partial charge in [0.15, 0.2) is 5.76 Å². The van der Waals surface area contributed by atoms with Gasteiger partial charge in [-0.2, -0.15) is 0 Å². The molecule has 1 saturated heterocycles. The van der Waals surface area contributed by atoms with Crippen LogP contribution in [0.5, 0.6) is 0 Å². The van der Waals surface area contributed by atoms with Crippen molar-refractivity contribution in [2.24, 2.45) is 0 Å². The van der Waals surface area contributed by atoms with Crippen molar-refractivity contribution in [3.05, 3.63) is 39.6 Å². The number of ether oxygens (including phenoxy) is 1. The van der Waals surface area contributed by atoms with Crippen LogP contribution in [0, 0.1) is 0 Å². The zero-order valence-electron chi connectivity index (χ0n) is 15.1. The van der Waals surface area contributed by atoms with Gasteiger partial charge in [0.25, 0.3) is 0 Å². The maximum absolute atomic E-state index is 13.1. The number of nitrogens with one attached hydrogen (secondary N) is 1. The minimum Gasteiger partial charge on any atom is -0.459 e. The second-order valence-electron chi connectivity index (χ2n) is 7.25. The van der Waals surface area contributed by atoms with E-state index < -0.39 is 5.97 Å². The quantitative estimate of drug-likeness (QED) is 0.687. The number of esters is 1. The zero-order valence-corrected chi connectivity index (χ0v) is 16.6. The van der Waals surface area contributed by atoms with E-state index in [0.717, 1.165) is 38.6 Å². The molecule has 0 spiro atoms. The van der Waals surface area contributed by atoms with Crippen molar-refractivity contribution >= 4 is 29.2 Å². The molecule has 7 heteroatoms. The van der Waals surface area contributed by atoms with Crippen molar-refractivity contribution in [1.82, 2.24) is 10.5 Å². The van der Waals surface area contributed by atoms with Crippen LogP contribution in [0.4, 0.5) is 0 Å². The molecule has 2 aromatic rings. The topological polar surface area (TPSA) is 64.4 Å². The van der Waals surface area contributed by atoms with Crippen LogP contribution in [-0.4, -0.2) is 29.8 Å². The van der Waals surface area contributed by atoms with E-state index in [9.17, 15) is 4.79 Å². The summed E-state index contributed by atoms with van der Waals surface area (Å²) in [5, 5.41) is 8.46. The molecule has 1 aliphatic carbocycles. The molecule has 1 aromatic carbocycles. The predicted molar refractivity (Wildman–Crippen MR) is 104 cm³/mol. The summed E-state index contributed by atoms with van der Waals surface area (Å²) in [6.45, 7) is 2.98. The van der Waals surface area contributed by atoms with Crippen molar-refractivity contribution in [3.8, 4) is 11.3 Å². The predicted octanol–water partition coefficient (Wildman–Crippen LogP) is 5.21. The molecule has 4 rings (SSSR count). The molecule has 0 radical (unpaired) electrons. The number of hydrogen-bond acceptors (Lipinski definition) is 5. The van der Waals surface area contributed by atoms with Gasteiger partial charge in [-0.25, -0.2) is 4.79 Å². The lowest BCUT2D eigenvalue weighted by atomic mass is 9.99. The molecule has 144 valence electrons. The largest absolute Gasteiger partial charge is 0.459 e. The lowest BCUT2D eigenvalue weighted by Gasteiger charge is -2.29. The van der Waals surface area contributed by atoms with Crippen LogP contribution in [-0.2, 0) is 4.74 Å². The lowest BCUT2D eigenvalue weighted by molar-refractivity contribution is 0.0181. The molecule has 1 aromatic heterocycles. The van der Waals surface area contributed by atoms with Gasteiger partial charge >= 0.3 is 5.97 Å². The van der Waals surface area contributed by atoms with Crippen molar-refractivity contribution in [3.63, 3.8) is 0 Å². The number of hydrogen-bond donors (Lipinski definition) is 1. The Morgan fingerprint density at radius 3 is 2.70 bits per heavy atom. The first-order chi connectivity index (χ1) is 13.1. The number of nitrogens with zero attached hydrogens (tertiary/aromatic N) is 1.